The average molecular weight is 264 g/mol. The van der Waals surface area contributed by atoms with Crippen molar-refractivity contribution in [3.05, 3.63) is 40.0 Å². The number of rotatable bonds is 7. The molecule has 1 aromatic carbocycles. The second-order valence-electron chi connectivity index (χ2n) is 4.48. The zero-order valence-electron chi connectivity index (χ0n) is 11.6. The lowest BCUT2D eigenvalue weighted by molar-refractivity contribution is -0.384. The molecule has 0 aliphatic rings. The SMILES string of the molecule is CCCOc1cc(NCC=C(C)C)cc([N+](=O)[O-])c1. The number of hydrogen-bond donors (Lipinski definition) is 1. The average Bonchev–Trinajstić information content (AvgIpc) is 2.35. The van der Waals surface area contributed by atoms with E-state index in [-0.39, 0.29) is 5.69 Å². The number of benzene rings is 1. The van der Waals surface area contributed by atoms with Gasteiger partial charge in [-0.15, -0.1) is 0 Å². The largest absolute Gasteiger partial charge is 0.493 e. The van der Waals surface area contributed by atoms with Crippen molar-refractivity contribution < 1.29 is 9.66 Å². The van der Waals surface area contributed by atoms with Gasteiger partial charge in [-0.05, 0) is 20.3 Å². The van der Waals surface area contributed by atoms with Crippen LogP contribution < -0.4 is 10.1 Å². The van der Waals surface area contributed by atoms with E-state index in [0.717, 1.165) is 6.42 Å². The summed E-state index contributed by atoms with van der Waals surface area (Å²) in [5, 5.41) is 14.0. The molecule has 1 N–H and O–H groups in total. The molecule has 1 rings (SSSR count). The molecule has 1 aromatic rings. The zero-order chi connectivity index (χ0) is 14.3. The van der Waals surface area contributed by atoms with Gasteiger partial charge in [-0.3, -0.25) is 10.1 Å². The molecular formula is C14H20N2O3. The number of allylic oxidation sites excluding steroid dienone is 1. The van der Waals surface area contributed by atoms with Crippen molar-refractivity contribution in [2.24, 2.45) is 0 Å². The van der Waals surface area contributed by atoms with E-state index in [0.29, 0.717) is 24.6 Å². The first-order valence-corrected chi connectivity index (χ1v) is 6.32. The Morgan fingerprint density at radius 2 is 2.16 bits per heavy atom. The lowest BCUT2D eigenvalue weighted by Gasteiger charge is -2.08. The summed E-state index contributed by atoms with van der Waals surface area (Å²) in [5.41, 5.74) is 1.92. The lowest BCUT2D eigenvalue weighted by atomic mass is 10.2. The summed E-state index contributed by atoms with van der Waals surface area (Å²) in [6, 6.07) is 4.74. The fourth-order valence-corrected chi connectivity index (χ4v) is 1.47. The van der Waals surface area contributed by atoms with E-state index in [9.17, 15) is 10.1 Å². The third-order valence-electron chi connectivity index (χ3n) is 2.39. The first-order valence-electron chi connectivity index (χ1n) is 6.32. The molecule has 19 heavy (non-hydrogen) atoms. The number of ether oxygens (including phenoxy) is 1. The smallest absolute Gasteiger partial charge is 0.275 e. The van der Waals surface area contributed by atoms with Gasteiger partial charge in [0.1, 0.15) is 5.75 Å². The van der Waals surface area contributed by atoms with E-state index in [1.807, 2.05) is 26.8 Å². The van der Waals surface area contributed by atoms with Crippen molar-refractivity contribution >= 4 is 11.4 Å². The first kappa shape index (κ1) is 15.0. The minimum absolute atomic E-state index is 0.0355. The van der Waals surface area contributed by atoms with E-state index < -0.39 is 4.92 Å². The van der Waals surface area contributed by atoms with Gasteiger partial charge in [-0.1, -0.05) is 18.6 Å². The molecule has 0 radical (unpaired) electrons. The molecule has 0 bridgehead atoms. The molecule has 0 atom stereocenters. The summed E-state index contributed by atoms with van der Waals surface area (Å²) in [6.45, 7) is 7.19. The molecule has 0 aliphatic carbocycles. The monoisotopic (exact) mass is 264 g/mol. The van der Waals surface area contributed by atoms with Gasteiger partial charge >= 0.3 is 0 Å². The molecule has 0 aromatic heterocycles. The van der Waals surface area contributed by atoms with E-state index in [1.165, 1.54) is 17.7 Å². The lowest BCUT2D eigenvalue weighted by Crippen LogP contribution is -2.02. The number of nitrogens with one attached hydrogen (secondary N) is 1. The van der Waals surface area contributed by atoms with Crippen molar-refractivity contribution in [3.8, 4) is 5.75 Å². The highest BCUT2D eigenvalue weighted by atomic mass is 16.6. The maximum atomic E-state index is 10.9. The van der Waals surface area contributed by atoms with E-state index in [2.05, 4.69) is 5.32 Å². The highest BCUT2D eigenvalue weighted by Crippen LogP contribution is 2.26. The van der Waals surface area contributed by atoms with Crippen LogP contribution in [-0.2, 0) is 0 Å². The zero-order valence-corrected chi connectivity index (χ0v) is 11.6. The minimum atomic E-state index is -0.412. The number of nitro benzene ring substituents is 1. The summed E-state index contributed by atoms with van der Waals surface area (Å²) in [4.78, 5) is 10.5. The van der Waals surface area contributed by atoms with Crippen molar-refractivity contribution in [2.75, 3.05) is 18.5 Å². The summed E-state index contributed by atoms with van der Waals surface area (Å²) in [5.74, 6) is 0.524. The summed E-state index contributed by atoms with van der Waals surface area (Å²) >= 11 is 0. The van der Waals surface area contributed by atoms with E-state index in [1.54, 1.807) is 6.07 Å². The molecule has 0 unspecified atom stereocenters. The molecular weight excluding hydrogens is 244 g/mol. The maximum absolute atomic E-state index is 10.9. The Morgan fingerprint density at radius 1 is 1.42 bits per heavy atom. The van der Waals surface area contributed by atoms with Crippen molar-refractivity contribution in [2.45, 2.75) is 27.2 Å². The molecule has 5 nitrogen and oxygen atoms in total. The summed E-state index contributed by atoms with van der Waals surface area (Å²) in [6.07, 6.45) is 2.88. The predicted octanol–water partition coefficient (Wildman–Crippen LogP) is 3.76. The van der Waals surface area contributed by atoms with Crippen LogP contribution in [0.15, 0.2) is 29.8 Å². The highest BCUT2D eigenvalue weighted by molar-refractivity contribution is 5.56. The highest BCUT2D eigenvalue weighted by Gasteiger charge is 2.10. The van der Waals surface area contributed by atoms with Crippen molar-refractivity contribution in [3.63, 3.8) is 0 Å². The van der Waals surface area contributed by atoms with Gasteiger partial charge in [0, 0.05) is 24.4 Å². The van der Waals surface area contributed by atoms with Crippen LogP contribution in [0.4, 0.5) is 11.4 Å². The number of nitrogens with zero attached hydrogens (tertiary/aromatic N) is 1. The fraction of sp³-hybridized carbons (Fsp3) is 0.429. The Hall–Kier alpha value is -2.04. The van der Waals surface area contributed by atoms with Crippen LogP contribution in [0, 0.1) is 10.1 Å². The van der Waals surface area contributed by atoms with Crippen LogP contribution >= 0.6 is 0 Å². The van der Waals surface area contributed by atoms with Gasteiger partial charge in [0.05, 0.1) is 17.6 Å². The van der Waals surface area contributed by atoms with Gasteiger partial charge in [-0.2, -0.15) is 0 Å². The van der Waals surface area contributed by atoms with Gasteiger partial charge in [-0.25, -0.2) is 0 Å². The minimum Gasteiger partial charge on any atom is -0.493 e. The maximum Gasteiger partial charge on any atom is 0.275 e. The van der Waals surface area contributed by atoms with Crippen LogP contribution in [0.5, 0.6) is 5.75 Å². The van der Waals surface area contributed by atoms with Crippen molar-refractivity contribution in [1.29, 1.82) is 0 Å². The standard InChI is InChI=1S/C14H20N2O3/c1-4-7-19-14-9-12(15-6-5-11(2)3)8-13(10-14)16(17)18/h5,8-10,15H,4,6-7H2,1-3H3. The van der Waals surface area contributed by atoms with E-state index >= 15 is 0 Å². The summed E-state index contributed by atoms with van der Waals surface area (Å²) in [7, 11) is 0. The molecule has 0 saturated heterocycles. The third kappa shape index (κ3) is 5.42. The van der Waals surface area contributed by atoms with Crippen LogP contribution in [0.25, 0.3) is 0 Å². The van der Waals surface area contributed by atoms with Crippen LogP contribution in [0.3, 0.4) is 0 Å². The number of anilines is 1. The summed E-state index contributed by atoms with van der Waals surface area (Å²) < 4.78 is 5.45. The van der Waals surface area contributed by atoms with Crippen LogP contribution in [-0.4, -0.2) is 18.1 Å². The Morgan fingerprint density at radius 3 is 2.74 bits per heavy atom. The second-order valence-corrected chi connectivity index (χ2v) is 4.48. The molecule has 5 heteroatoms. The molecule has 0 heterocycles. The second kappa shape index (κ2) is 7.41. The molecule has 0 saturated carbocycles. The molecule has 0 spiro atoms. The number of nitro groups is 1. The Kier molecular flexibility index (Phi) is 5.85. The molecule has 104 valence electrons. The van der Waals surface area contributed by atoms with Gasteiger partial charge in [0.2, 0.25) is 0 Å². The van der Waals surface area contributed by atoms with Gasteiger partial charge in [0.25, 0.3) is 5.69 Å². The van der Waals surface area contributed by atoms with Crippen LogP contribution in [0.2, 0.25) is 0 Å². The van der Waals surface area contributed by atoms with Crippen LogP contribution in [0.1, 0.15) is 27.2 Å². The van der Waals surface area contributed by atoms with Crippen molar-refractivity contribution in [1.82, 2.24) is 0 Å². The third-order valence-corrected chi connectivity index (χ3v) is 2.39. The number of hydrogen-bond acceptors (Lipinski definition) is 4. The predicted molar refractivity (Wildman–Crippen MR) is 76.8 cm³/mol. The van der Waals surface area contributed by atoms with Gasteiger partial charge in [0.15, 0.2) is 0 Å². The molecule has 0 amide bonds. The fourth-order valence-electron chi connectivity index (χ4n) is 1.47. The van der Waals surface area contributed by atoms with E-state index in [4.69, 9.17) is 4.74 Å². The molecule has 0 aliphatic heterocycles. The Bertz CT molecular complexity index is 466. The van der Waals surface area contributed by atoms with Gasteiger partial charge < -0.3 is 10.1 Å². The Labute approximate surface area is 113 Å². The normalized spacial score (nSPS) is 9.84. The first-order chi connectivity index (χ1) is 9.02. The Balaban J connectivity index is 2.86. The molecule has 0 fully saturated rings. The topological polar surface area (TPSA) is 64.4 Å². The quantitative estimate of drug-likeness (QED) is 0.462. The number of non-ortho nitro benzene ring substituents is 1.